The van der Waals surface area contributed by atoms with E-state index >= 15 is 0 Å². The van der Waals surface area contributed by atoms with E-state index in [0.29, 0.717) is 32.7 Å². The molecule has 1 aliphatic heterocycles. The van der Waals surface area contributed by atoms with Crippen LogP contribution in [0.4, 0.5) is 0 Å². The second-order valence-corrected chi connectivity index (χ2v) is 9.05. The Hall–Kier alpha value is -3.00. The van der Waals surface area contributed by atoms with Gasteiger partial charge in [0.05, 0.1) is 51.7 Å². The van der Waals surface area contributed by atoms with E-state index in [2.05, 4.69) is 6.58 Å². The van der Waals surface area contributed by atoms with Crippen LogP contribution in [0, 0.1) is 5.92 Å². The van der Waals surface area contributed by atoms with Crippen molar-refractivity contribution in [3.05, 3.63) is 84.4 Å². The van der Waals surface area contributed by atoms with Crippen LogP contribution in [-0.4, -0.2) is 50.1 Å². The number of carbonyl (C=O) groups is 2. The average Bonchev–Trinajstić information content (AvgIpc) is 2.92. The monoisotopic (exact) mass is 510 g/mol. The van der Waals surface area contributed by atoms with Gasteiger partial charge in [-0.3, -0.25) is 9.59 Å². The topological polar surface area (TPSA) is 80.3 Å². The van der Waals surface area contributed by atoms with Gasteiger partial charge in [0.2, 0.25) is 0 Å². The summed E-state index contributed by atoms with van der Waals surface area (Å²) in [7, 11) is 1.36. The Morgan fingerprint density at radius 1 is 0.892 bits per heavy atom. The molecule has 1 saturated heterocycles. The molecule has 7 nitrogen and oxygen atoms in total. The van der Waals surface area contributed by atoms with Crippen LogP contribution in [0.25, 0.3) is 0 Å². The Morgan fingerprint density at radius 2 is 1.49 bits per heavy atom. The third kappa shape index (κ3) is 8.81. The minimum absolute atomic E-state index is 0.0788. The van der Waals surface area contributed by atoms with Gasteiger partial charge in [-0.2, -0.15) is 0 Å². The first-order valence-electron chi connectivity index (χ1n) is 12.9. The Morgan fingerprint density at radius 3 is 2.03 bits per heavy atom. The molecule has 3 rings (SSSR count). The highest BCUT2D eigenvalue weighted by atomic mass is 16.6. The summed E-state index contributed by atoms with van der Waals surface area (Å²) in [4.78, 5) is 24.6. The molecule has 0 N–H and O–H groups in total. The van der Waals surface area contributed by atoms with Crippen LogP contribution in [-0.2, 0) is 46.5 Å². The summed E-state index contributed by atoms with van der Waals surface area (Å²) in [6.45, 7) is 6.71. The van der Waals surface area contributed by atoms with Gasteiger partial charge in [-0.15, -0.1) is 6.58 Å². The Balaban J connectivity index is 1.90. The summed E-state index contributed by atoms with van der Waals surface area (Å²) in [6, 6.07) is 19.7. The molecule has 0 bridgehead atoms. The number of esters is 2. The lowest BCUT2D eigenvalue weighted by atomic mass is 9.81. The molecule has 37 heavy (non-hydrogen) atoms. The molecule has 0 radical (unpaired) electrons. The van der Waals surface area contributed by atoms with Crippen LogP contribution in [0.3, 0.4) is 0 Å². The van der Waals surface area contributed by atoms with Gasteiger partial charge >= 0.3 is 11.9 Å². The van der Waals surface area contributed by atoms with E-state index in [1.54, 1.807) is 13.0 Å². The van der Waals surface area contributed by atoms with Crippen molar-refractivity contribution < 1.29 is 33.3 Å². The number of hydrogen-bond acceptors (Lipinski definition) is 7. The van der Waals surface area contributed by atoms with Crippen LogP contribution >= 0.6 is 0 Å². The van der Waals surface area contributed by atoms with E-state index < -0.39 is 18.3 Å². The number of benzene rings is 2. The Labute approximate surface area is 219 Å². The first-order chi connectivity index (χ1) is 18.0. The maximum atomic E-state index is 12.5. The van der Waals surface area contributed by atoms with Crippen LogP contribution in [0.1, 0.15) is 43.7 Å². The highest BCUT2D eigenvalue weighted by Gasteiger charge is 2.47. The molecular weight excluding hydrogens is 472 g/mol. The fourth-order valence-electron chi connectivity index (χ4n) is 4.68. The number of carbonyl (C=O) groups excluding carboxylic acids is 2. The highest BCUT2D eigenvalue weighted by Crippen LogP contribution is 2.37. The second-order valence-electron chi connectivity index (χ2n) is 9.05. The summed E-state index contributed by atoms with van der Waals surface area (Å²) in [6.07, 6.45) is 1.25. The smallest absolute Gasteiger partial charge is 0.305 e. The van der Waals surface area contributed by atoms with Crippen molar-refractivity contribution in [1.82, 2.24) is 0 Å². The lowest BCUT2D eigenvalue weighted by Gasteiger charge is -2.46. The van der Waals surface area contributed by atoms with Crippen LogP contribution < -0.4 is 0 Å². The van der Waals surface area contributed by atoms with Gasteiger partial charge < -0.3 is 23.7 Å². The van der Waals surface area contributed by atoms with Crippen molar-refractivity contribution in [2.24, 2.45) is 5.92 Å². The second kappa shape index (κ2) is 15.3. The first kappa shape index (κ1) is 28.6. The molecule has 1 heterocycles. The normalized spacial score (nSPS) is 23.2. The van der Waals surface area contributed by atoms with Gasteiger partial charge in [-0.1, -0.05) is 66.7 Å². The van der Waals surface area contributed by atoms with E-state index in [1.165, 1.54) is 7.11 Å². The number of methoxy groups -OCH3 is 1. The Kier molecular flexibility index (Phi) is 11.8. The van der Waals surface area contributed by atoms with E-state index in [-0.39, 0.29) is 36.8 Å². The van der Waals surface area contributed by atoms with E-state index in [9.17, 15) is 9.59 Å². The molecule has 0 amide bonds. The zero-order valence-electron chi connectivity index (χ0n) is 21.8. The maximum absolute atomic E-state index is 12.5. The Bertz CT molecular complexity index is 962. The predicted octanol–water partition coefficient (Wildman–Crippen LogP) is 5.02. The van der Waals surface area contributed by atoms with Gasteiger partial charge in [-0.05, 0) is 30.9 Å². The minimum atomic E-state index is -0.478. The van der Waals surface area contributed by atoms with Crippen molar-refractivity contribution in [1.29, 1.82) is 0 Å². The predicted molar refractivity (Wildman–Crippen MR) is 140 cm³/mol. The first-order valence-corrected chi connectivity index (χ1v) is 12.9. The van der Waals surface area contributed by atoms with Crippen LogP contribution in [0.15, 0.2) is 73.3 Å². The standard InChI is InChI=1S/C30H38O7/c1-4-12-26-30(36-21-23-15-10-7-11-16-23)29(35-20-22-13-8-6-9-14-22)24(19-28(32)33-3)25(37-26)17-18-27(31)34-5-2/h4,6-11,13-16,24-26,29-30H,1,5,12,17-21H2,2-3H3/t24-,25?,26+,29?,30?/m0/s1. The lowest BCUT2D eigenvalue weighted by molar-refractivity contribution is -0.237. The van der Waals surface area contributed by atoms with Crippen LogP contribution in [0.5, 0.6) is 0 Å². The molecule has 0 saturated carbocycles. The molecule has 7 heteroatoms. The van der Waals surface area contributed by atoms with Crippen molar-refractivity contribution >= 4 is 11.9 Å². The van der Waals surface area contributed by atoms with Gasteiger partial charge in [0.25, 0.3) is 0 Å². The zero-order chi connectivity index (χ0) is 26.5. The van der Waals surface area contributed by atoms with E-state index in [0.717, 1.165) is 11.1 Å². The van der Waals surface area contributed by atoms with Gasteiger partial charge in [0.1, 0.15) is 6.10 Å². The molecule has 3 unspecified atom stereocenters. The number of rotatable bonds is 14. The fourth-order valence-corrected chi connectivity index (χ4v) is 4.68. The molecule has 5 atom stereocenters. The molecule has 0 aromatic heterocycles. The molecule has 1 aliphatic rings. The van der Waals surface area contributed by atoms with Gasteiger partial charge in [0.15, 0.2) is 0 Å². The fraction of sp³-hybridized carbons (Fsp3) is 0.467. The lowest BCUT2D eigenvalue weighted by Crippen LogP contribution is -2.56. The third-order valence-electron chi connectivity index (χ3n) is 6.48. The van der Waals surface area contributed by atoms with Crippen molar-refractivity contribution in [2.45, 2.75) is 70.2 Å². The van der Waals surface area contributed by atoms with Crippen molar-refractivity contribution in [3.8, 4) is 0 Å². The van der Waals surface area contributed by atoms with Gasteiger partial charge in [0, 0.05) is 12.3 Å². The molecule has 200 valence electrons. The molecule has 2 aromatic carbocycles. The largest absolute Gasteiger partial charge is 0.469 e. The minimum Gasteiger partial charge on any atom is -0.469 e. The average molecular weight is 511 g/mol. The summed E-state index contributed by atoms with van der Waals surface area (Å²) in [5.41, 5.74) is 2.03. The highest BCUT2D eigenvalue weighted by molar-refractivity contribution is 5.70. The van der Waals surface area contributed by atoms with Crippen molar-refractivity contribution in [3.63, 3.8) is 0 Å². The zero-order valence-corrected chi connectivity index (χ0v) is 21.8. The summed E-state index contributed by atoms with van der Waals surface area (Å²) in [5, 5.41) is 0. The maximum Gasteiger partial charge on any atom is 0.305 e. The third-order valence-corrected chi connectivity index (χ3v) is 6.48. The molecule has 1 fully saturated rings. The van der Waals surface area contributed by atoms with E-state index in [4.69, 9.17) is 23.7 Å². The quantitative estimate of drug-likeness (QED) is 0.261. The SMILES string of the molecule is C=CC[C@H]1OC(CCC(=O)OCC)[C@H](CC(=O)OC)C(OCc2ccccc2)C1OCc1ccccc1. The molecule has 0 aliphatic carbocycles. The molecular formula is C30H38O7. The number of hydrogen-bond donors (Lipinski definition) is 0. The van der Waals surface area contributed by atoms with E-state index in [1.807, 2.05) is 60.7 Å². The summed E-state index contributed by atoms with van der Waals surface area (Å²) in [5.74, 6) is -1.05. The van der Waals surface area contributed by atoms with Gasteiger partial charge in [-0.25, -0.2) is 0 Å². The van der Waals surface area contributed by atoms with Crippen LogP contribution in [0.2, 0.25) is 0 Å². The number of ether oxygens (including phenoxy) is 5. The van der Waals surface area contributed by atoms with Crippen molar-refractivity contribution in [2.75, 3.05) is 13.7 Å². The summed E-state index contributed by atoms with van der Waals surface area (Å²) >= 11 is 0. The molecule has 0 spiro atoms. The molecule has 2 aromatic rings. The summed E-state index contributed by atoms with van der Waals surface area (Å²) < 4.78 is 29.6.